The van der Waals surface area contributed by atoms with Gasteiger partial charge in [0, 0.05) is 12.5 Å². The minimum atomic E-state index is 0.0284. The van der Waals surface area contributed by atoms with Gasteiger partial charge in [0.25, 0.3) is 0 Å². The van der Waals surface area contributed by atoms with E-state index in [-0.39, 0.29) is 6.61 Å². The highest BCUT2D eigenvalue weighted by Gasteiger charge is 2.18. The van der Waals surface area contributed by atoms with E-state index >= 15 is 0 Å². The van der Waals surface area contributed by atoms with Crippen LogP contribution in [0.1, 0.15) is 30.3 Å². The molecule has 0 spiro atoms. The summed E-state index contributed by atoms with van der Waals surface area (Å²) in [5.74, 6) is 1.33. The van der Waals surface area contributed by atoms with Crippen LogP contribution in [0.15, 0.2) is 6.20 Å². The lowest BCUT2D eigenvalue weighted by Crippen LogP contribution is -2.16. The number of H-pyrrole nitrogens is 1. The monoisotopic (exact) mass is 182 g/mol. The molecule has 1 aromatic heterocycles. The Labute approximate surface area is 77.0 Å². The van der Waals surface area contributed by atoms with Gasteiger partial charge in [-0.25, -0.2) is 4.98 Å². The largest absolute Gasteiger partial charge is 0.390 e. The van der Waals surface area contributed by atoms with Crippen molar-refractivity contribution in [3.05, 3.63) is 17.7 Å². The Morgan fingerprint density at radius 2 is 2.62 bits per heavy atom. The summed E-state index contributed by atoms with van der Waals surface area (Å²) in [6.07, 6.45) is 3.90. The molecule has 0 saturated carbocycles. The first-order valence-electron chi connectivity index (χ1n) is 4.62. The number of aromatic nitrogens is 2. The van der Waals surface area contributed by atoms with Crippen LogP contribution >= 0.6 is 0 Å². The zero-order valence-electron chi connectivity index (χ0n) is 7.49. The van der Waals surface area contributed by atoms with Gasteiger partial charge in [0.1, 0.15) is 5.82 Å². The maximum absolute atomic E-state index is 8.85. The quantitative estimate of drug-likeness (QED) is 0.711. The van der Waals surface area contributed by atoms with E-state index < -0.39 is 0 Å². The summed E-state index contributed by atoms with van der Waals surface area (Å²) in [4.78, 5) is 7.31. The zero-order valence-corrected chi connectivity index (χ0v) is 7.49. The lowest BCUT2D eigenvalue weighted by Gasteiger charge is -2.19. The fourth-order valence-corrected chi connectivity index (χ4v) is 1.62. The molecule has 1 atom stereocenters. The molecule has 72 valence electrons. The van der Waals surface area contributed by atoms with E-state index in [4.69, 9.17) is 9.84 Å². The Morgan fingerprint density at radius 1 is 1.69 bits per heavy atom. The molecule has 0 radical (unpaired) electrons. The van der Waals surface area contributed by atoms with Gasteiger partial charge < -0.3 is 14.8 Å². The van der Waals surface area contributed by atoms with Gasteiger partial charge in [-0.2, -0.15) is 0 Å². The Kier molecular flexibility index (Phi) is 2.61. The van der Waals surface area contributed by atoms with Gasteiger partial charge in [-0.3, -0.25) is 0 Å². The summed E-state index contributed by atoms with van der Waals surface area (Å²) in [6, 6.07) is 0. The fraction of sp³-hybridized carbons (Fsp3) is 0.667. The molecule has 0 aliphatic carbocycles. The molecular formula is C9H14N2O2. The number of aliphatic hydroxyl groups excluding tert-OH is 1. The third kappa shape index (κ3) is 1.89. The van der Waals surface area contributed by atoms with Crippen molar-refractivity contribution in [3.8, 4) is 0 Å². The molecule has 1 aliphatic heterocycles. The summed E-state index contributed by atoms with van der Waals surface area (Å²) >= 11 is 0. The second-order valence-corrected chi connectivity index (χ2v) is 3.37. The summed E-state index contributed by atoms with van der Waals surface area (Å²) in [5, 5.41) is 8.85. The molecule has 1 fully saturated rings. The Hall–Kier alpha value is -0.870. The molecular weight excluding hydrogens is 168 g/mol. The van der Waals surface area contributed by atoms with Crippen molar-refractivity contribution in [2.75, 3.05) is 13.2 Å². The van der Waals surface area contributed by atoms with Crippen LogP contribution < -0.4 is 0 Å². The van der Waals surface area contributed by atoms with Crippen LogP contribution in [0.25, 0.3) is 0 Å². The van der Waals surface area contributed by atoms with Crippen LogP contribution in [0.4, 0.5) is 0 Å². The number of rotatable bonds is 2. The molecule has 0 bridgehead atoms. The van der Waals surface area contributed by atoms with Gasteiger partial charge in [0.05, 0.1) is 25.1 Å². The first-order valence-corrected chi connectivity index (χ1v) is 4.62. The van der Waals surface area contributed by atoms with Crippen LogP contribution in [-0.4, -0.2) is 28.3 Å². The van der Waals surface area contributed by atoms with Crippen molar-refractivity contribution in [3.63, 3.8) is 0 Å². The van der Waals surface area contributed by atoms with Gasteiger partial charge in [-0.05, 0) is 12.8 Å². The van der Waals surface area contributed by atoms with E-state index in [1.54, 1.807) is 6.20 Å². The molecule has 4 heteroatoms. The lowest BCUT2D eigenvalue weighted by atomic mass is 10.0. The highest BCUT2D eigenvalue weighted by atomic mass is 16.5. The van der Waals surface area contributed by atoms with Crippen molar-refractivity contribution in [1.82, 2.24) is 9.97 Å². The number of aliphatic hydroxyl groups is 1. The van der Waals surface area contributed by atoms with E-state index in [1.807, 2.05) is 0 Å². The normalized spacial score (nSPS) is 23.3. The van der Waals surface area contributed by atoms with Crippen molar-refractivity contribution in [1.29, 1.82) is 0 Å². The molecule has 1 aliphatic rings. The minimum absolute atomic E-state index is 0.0284. The SMILES string of the molecule is OCc1cnc(C2CCCOC2)[nH]1. The number of nitrogens with one attached hydrogen (secondary N) is 1. The molecule has 2 heterocycles. The standard InChI is InChI=1S/C9H14N2O2/c12-5-8-4-10-9(11-8)7-2-1-3-13-6-7/h4,7,12H,1-3,5-6H2,(H,10,11). The number of aromatic amines is 1. The average molecular weight is 182 g/mol. The van der Waals surface area contributed by atoms with Crippen LogP contribution in [-0.2, 0) is 11.3 Å². The molecule has 13 heavy (non-hydrogen) atoms. The Balaban J connectivity index is 2.05. The zero-order chi connectivity index (χ0) is 9.10. The van der Waals surface area contributed by atoms with Crippen molar-refractivity contribution in [2.45, 2.75) is 25.4 Å². The maximum atomic E-state index is 8.85. The minimum Gasteiger partial charge on any atom is -0.390 e. The highest BCUT2D eigenvalue weighted by molar-refractivity contribution is 5.05. The number of hydrogen-bond donors (Lipinski definition) is 2. The predicted molar refractivity (Wildman–Crippen MR) is 47.3 cm³/mol. The average Bonchev–Trinajstić information content (AvgIpc) is 2.67. The number of hydrogen-bond acceptors (Lipinski definition) is 3. The molecule has 2 rings (SSSR count). The molecule has 0 aromatic carbocycles. The van der Waals surface area contributed by atoms with Gasteiger partial charge in [0.2, 0.25) is 0 Å². The molecule has 1 saturated heterocycles. The molecule has 2 N–H and O–H groups in total. The van der Waals surface area contributed by atoms with Gasteiger partial charge >= 0.3 is 0 Å². The summed E-state index contributed by atoms with van der Waals surface area (Å²) in [6.45, 7) is 1.64. The van der Waals surface area contributed by atoms with Crippen molar-refractivity contribution >= 4 is 0 Å². The van der Waals surface area contributed by atoms with Crippen LogP contribution in [0.5, 0.6) is 0 Å². The third-order valence-corrected chi connectivity index (χ3v) is 2.37. The molecule has 4 nitrogen and oxygen atoms in total. The second-order valence-electron chi connectivity index (χ2n) is 3.37. The second kappa shape index (κ2) is 3.89. The van der Waals surface area contributed by atoms with E-state index in [0.29, 0.717) is 5.92 Å². The van der Waals surface area contributed by atoms with Crippen LogP contribution in [0.3, 0.4) is 0 Å². The summed E-state index contributed by atoms with van der Waals surface area (Å²) < 4.78 is 5.36. The topological polar surface area (TPSA) is 58.1 Å². The Bertz CT molecular complexity index is 266. The number of nitrogens with zero attached hydrogens (tertiary/aromatic N) is 1. The van der Waals surface area contributed by atoms with E-state index in [9.17, 15) is 0 Å². The predicted octanol–water partition coefficient (Wildman–Crippen LogP) is 0.796. The fourth-order valence-electron chi connectivity index (χ4n) is 1.62. The molecule has 1 unspecified atom stereocenters. The Morgan fingerprint density at radius 3 is 3.23 bits per heavy atom. The number of imidazole rings is 1. The number of ether oxygens (including phenoxy) is 1. The summed E-state index contributed by atoms with van der Waals surface area (Å²) in [5.41, 5.74) is 0.778. The lowest BCUT2D eigenvalue weighted by molar-refractivity contribution is 0.0782. The van der Waals surface area contributed by atoms with Crippen molar-refractivity contribution in [2.24, 2.45) is 0 Å². The third-order valence-electron chi connectivity index (χ3n) is 2.37. The van der Waals surface area contributed by atoms with Gasteiger partial charge in [-0.15, -0.1) is 0 Å². The smallest absolute Gasteiger partial charge is 0.111 e. The first-order chi connectivity index (χ1) is 6.40. The van der Waals surface area contributed by atoms with E-state index in [1.165, 1.54) is 0 Å². The van der Waals surface area contributed by atoms with Gasteiger partial charge in [-0.1, -0.05) is 0 Å². The van der Waals surface area contributed by atoms with E-state index in [0.717, 1.165) is 37.6 Å². The molecule has 1 aromatic rings. The molecule has 0 amide bonds. The van der Waals surface area contributed by atoms with Crippen molar-refractivity contribution < 1.29 is 9.84 Å². The highest BCUT2D eigenvalue weighted by Crippen LogP contribution is 2.22. The van der Waals surface area contributed by atoms with E-state index in [2.05, 4.69) is 9.97 Å². The summed E-state index contributed by atoms with van der Waals surface area (Å²) in [7, 11) is 0. The van der Waals surface area contributed by atoms with Gasteiger partial charge in [0.15, 0.2) is 0 Å². The van der Waals surface area contributed by atoms with Crippen LogP contribution in [0.2, 0.25) is 0 Å². The first kappa shape index (κ1) is 8.72. The van der Waals surface area contributed by atoms with Crippen LogP contribution in [0, 0.1) is 0 Å². The maximum Gasteiger partial charge on any atom is 0.111 e.